The molecular weight excluding hydrogens is 242 g/mol. The van der Waals surface area contributed by atoms with Crippen molar-refractivity contribution in [1.82, 2.24) is 5.32 Å². The van der Waals surface area contributed by atoms with Gasteiger partial charge in [0.15, 0.2) is 0 Å². The minimum Gasteiger partial charge on any atom is -0.369 e. The minimum absolute atomic E-state index is 0. The Hall–Kier alpha value is -0.810. The van der Waals surface area contributed by atoms with Crippen LogP contribution in [0.25, 0.3) is 0 Å². The lowest BCUT2D eigenvalue weighted by molar-refractivity contribution is -0.129. The number of nitrogens with two attached hydrogens (primary N) is 2. The van der Waals surface area contributed by atoms with Gasteiger partial charge in [-0.05, 0) is 12.8 Å². The molecule has 1 unspecified atom stereocenters. The highest BCUT2D eigenvalue weighted by molar-refractivity contribution is 5.85. The van der Waals surface area contributed by atoms with Crippen LogP contribution >= 0.6 is 12.4 Å². The number of carbonyl (C=O) groups is 2. The summed E-state index contributed by atoms with van der Waals surface area (Å²) in [5, 5.41) is 2.78. The molecule has 0 aromatic carbocycles. The fourth-order valence-electron chi connectivity index (χ4n) is 2.10. The Morgan fingerprint density at radius 1 is 1.35 bits per heavy atom. The Kier molecular flexibility index (Phi) is 6.49. The number of rotatable bonds is 5. The van der Waals surface area contributed by atoms with Gasteiger partial charge in [0.1, 0.15) is 0 Å². The van der Waals surface area contributed by atoms with Crippen LogP contribution in [0.15, 0.2) is 0 Å². The van der Waals surface area contributed by atoms with Gasteiger partial charge in [0, 0.05) is 19.0 Å². The number of primary amides is 1. The molecule has 1 fully saturated rings. The van der Waals surface area contributed by atoms with E-state index in [1.807, 2.05) is 0 Å². The molecule has 0 aromatic heterocycles. The summed E-state index contributed by atoms with van der Waals surface area (Å²) in [5.74, 6) is -0.618. The molecule has 0 spiro atoms. The maximum Gasteiger partial charge on any atom is 0.225 e. The van der Waals surface area contributed by atoms with Crippen molar-refractivity contribution in [3.8, 4) is 0 Å². The molecule has 1 aliphatic carbocycles. The summed E-state index contributed by atoms with van der Waals surface area (Å²) in [5.41, 5.74) is 10.3. The van der Waals surface area contributed by atoms with Crippen LogP contribution in [-0.2, 0) is 9.59 Å². The van der Waals surface area contributed by atoms with Crippen LogP contribution in [0.1, 0.15) is 32.6 Å². The first kappa shape index (κ1) is 16.2. The molecule has 6 heteroatoms. The van der Waals surface area contributed by atoms with Gasteiger partial charge < -0.3 is 16.8 Å². The van der Waals surface area contributed by atoms with E-state index in [9.17, 15) is 9.59 Å². The topological polar surface area (TPSA) is 98.2 Å². The molecule has 17 heavy (non-hydrogen) atoms. The highest BCUT2D eigenvalue weighted by atomic mass is 35.5. The summed E-state index contributed by atoms with van der Waals surface area (Å²) in [6, 6.07) is 0. The van der Waals surface area contributed by atoms with Crippen LogP contribution in [0.5, 0.6) is 0 Å². The molecule has 0 bridgehead atoms. The third-order valence-corrected chi connectivity index (χ3v) is 3.49. The zero-order valence-electron chi connectivity index (χ0n) is 10.2. The van der Waals surface area contributed by atoms with Crippen molar-refractivity contribution in [1.29, 1.82) is 0 Å². The third-order valence-electron chi connectivity index (χ3n) is 3.49. The smallest absolute Gasteiger partial charge is 0.225 e. The SMILES string of the molecule is CC(CN)C(=O)NCC1(C(N)=O)CCCC1.Cl. The fourth-order valence-corrected chi connectivity index (χ4v) is 2.10. The molecule has 0 heterocycles. The molecule has 0 saturated heterocycles. The number of carbonyl (C=O) groups excluding carboxylic acids is 2. The van der Waals surface area contributed by atoms with Gasteiger partial charge in [-0.15, -0.1) is 12.4 Å². The van der Waals surface area contributed by atoms with Crippen LogP contribution in [0.3, 0.4) is 0 Å². The molecule has 1 aliphatic rings. The third kappa shape index (κ3) is 3.85. The van der Waals surface area contributed by atoms with E-state index in [2.05, 4.69) is 5.32 Å². The summed E-state index contributed by atoms with van der Waals surface area (Å²) < 4.78 is 0. The van der Waals surface area contributed by atoms with Gasteiger partial charge in [0.25, 0.3) is 0 Å². The highest BCUT2D eigenvalue weighted by Crippen LogP contribution is 2.37. The predicted octanol–water partition coefficient (Wildman–Crippen LogP) is 0.165. The Bertz CT molecular complexity index is 278. The Labute approximate surface area is 108 Å². The van der Waals surface area contributed by atoms with Gasteiger partial charge in [-0.25, -0.2) is 0 Å². The molecule has 0 aliphatic heterocycles. The van der Waals surface area contributed by atoms with Crippen molar-refractivity contribution in [2.24, 2.45) is 22.8 Å². The van der Waals surface area contributed by atoms with E-state index in [-0.39, 0.29) is 30.1 Å². The second-order valence-corrected chi connectivity index (χ2v) is 4.71. The average molecular weight is 264 g/mol. The van der Waals surface area contributed by atoms with Gasteiger partial charge >= 0.3 is 0 Å². The molecule has 1 saturated carbocycles. The summed E-state index contributed by atoms with van der Waals surface area (Å²) in [4.78, 5) is 23.0. The molecule has 1 atom stereocenters. The predicted molar refractivity (Wildman–Crippen MR) is 68.6 cm³/mol. The first-order valence-electron chi connectivity index (χ1n) is 5.79. The van der Waals surface area contributed by atoms with E-state index in [1.165, 1.54) is 0 Å². The number of amides is 2. The van der Waals surface area contributed by atoms with E-state index >= 15 is 0 Å². The van der Waals surface area contributed by atoms with E-state index in [4.69, 9.17) is 11.5 Å². The van der Waals surface area contributed by atoms with Gasteiger partial charge in [-0.1, -0.05) is 19.8 Å². The van der Waals surface area contributed by atoms with E-state index in [1.54, 1.807) is 6.92 Å². The first-order chi connectivity index (χ1) is 7.52. The fraction of sp³-hybridized carbons (Fsp3) is 0.818. The van der Waals surface area contributed by atoms with Crippen molar-refractivity contribution in [3.05, 3.63) is 0 Å². The lowest BCUT2D eigenvalue weighted by Crippen LogP contribution is -2.46. The van der Waals surface area contributed by atoms with Crippen LogP contribution in [0.2, 0.25) is 0 Å². The number of halogens is 1. The molecule has 0 radical (unpaired) electrons. The number of hydrogen-bond acceptors (Lipinski definition) is 3. The van der Waals surface area contributed by atoms with Crippen LogP contribution in [0, 0.1) is 11.3 Å². The van der Waals surface area contributed by atoms with E-state index in [0.717, 1.165) is 25.7 Å². The lowest BCUT2D eigenvalue weighted by atomic mass is 9.85. The first-order valence-corrected chi connectivity index (χ1v) is 5.79. The van der Waals surface area contributed by atoms with Crippen LogP contribution in [-0.4, -0.2) is 24.9 Å². The summed E-state index contributed by atoms with van der Waals surface area (Å²) in [7, 11) is 0. The zero-order valence-corrected chi connectivity index (χ0v) is 11.0. The second-order valence-electron chi connectivity index (χ2n) is 4.71. The van der Waals surface area contributed by atoms with Crippen molar-refractivity contribution in [2.45, 2.75) is 32.6 Å². The largest absolute Gasteiger partial charge is 0.369 e. The van der Waals surface area contributed by atoms with Gasteiger partial charge in [-0.3, -0.25) is 9.59 Å². The van der Waals surface area contributed by atoms with E-state index < -0.39 is 5.41 Å². The highest BCUT2D eigenvalue weighted by Gasteiger charge is 2.39. The van der Waals surface area contributed by atoms with Crippen molar-refractivity contribution in [3.63, 3.8) is 0 Å². The van der Waals surface area contributed by atoms with Gasteiger partial charge in [0.2, 0.25) is 11.8 Å². The van der Waals surface area contributed by atoms with Gasteiger partial charge in [0.05, 0.1) is 5.41 Å². The van der Waals surface area contributed by atoms with Crippen molar-refractivity contribution >= 4 is 24.2 Å². The van der Waals surface area contributed by atoms with Crippen LogP contribution in [0.4, 0.5) is 0 Å². The molecule has 100 valence electrons. The maximum atomic E-state index is 11.6. The molecule has 5 N–H and O–H groups in total. The van der Waals surface area contributed by atoms with Crippen molar-refractivity contribution < 1.29 is 9.59 Å². The number of hydrogen-bond donors (Lipinski definition) is 3. The summed E-state index contributed by atoms with van der Waals surface area (Å²) in [6.07, 6.45) is 3.57. The minimum atomic E-state index is -0.524. The Morgan fingerprint density at radius 3 is 2.29 bits per heavy atom. The normalized spacial score (nSPS) is 19.2. The number of nitrogens with one attached hydrogen (secondary N) is 1. The van der Waals surface area contributed by atoms with Crippen LogP contribution < -0.4 is 16.8 Å². The van der Waals surface area contributed by atoms with Gasteiger partial charge in [-0.2, -0.15) is 0 Å². The molecule has 0 aromatic rings. The quantitative estimate of drug-likeness (QED) is 0.659. The molecule has 5 nitrogen and oxygen atoms in total. The second kappa shape index (κ2) is 6.81. The lowest BCUT2D eigenvalue weighted by Gasteiger charge is -2.25. The standard InChI is InChI=1S/C11H21N3O2.ClH/c1-8(6-12)9(15)14-7-11(10(13)16)4-2-3-5-11;/h8H,2-7,12H2,1H3,(H2,13,16)(H,14,15);1H. The summed E-state index contributed by atoms with van der Waals surface area (Å²) >= 11 is 0. The molecule has 1 rings (SSSR count). The monoisotopic (exact) mass is 263 g/mol. The summed E-state index contributed by atoms with van der Waals surface area (Å²) in [6.45, 7) is 2.43. The average Bonchev–Trinajstić information content (AvgIpc) is 2.74. The molecule has 2 amide bonds. The Balaban J connectivity index is 0.00000256. The maximum absolute atomic E-state index is 11.6. The zero-order chi connectivity index (χ0) is 12.2. The molecular formula is C11H22ClN3O2. The van der Waals surface area contributed by atoms with E-state index in [0.29, 0.717) is 13.1 Å². The van der Waals surface area contributed by atoms with Crippen molar-refractivity contribution in [2.75, 3.05) is 13.1 Å². The Morgan fingerprint density at radius 2 is 1.88 bits per heavy atom.